The van der Waals surface area contributed by atoms with Crippen LogP contribution < -0.4 is 0 Å². The minimum atomic E-state index is 0.0823. The van der Waals surface area contributed by atoms with Gasteiger partial charge in [-0.05, 0) is 19.4 Å². The van der Waals surface area contributed by atoms with Crippen LogP contribution in [0.3, 0.4) is 0 Å². The highest BCUT2D eigenvalue weighted by Crippen LogP contribution is 2.26. The molecule has 0 aliphatic heterocycles. The predicted octanol–water partition coefficient (Wildman–Crippen LogP) is 2.60. The second-order valence-electron chi connectivity index (χ2n) is 3.90. The molecule has 0 saturated heterocycles. The van der Waals surface area contributed by atoms with Crippen molar-refractivity contribution in [1.29, 1.82) is 0 Å². The molecule has 2 aromatic rings. The lowest BCUT2D eigenvalue weighted by Crippen LogP contribution is -1.95. The number of carbonyl (C=O) groups excluding carboxylic acids is 1. The van der Waals surface area contributed by atoms with Crippen molar-refractivity contribution in [3.63, 3.8) is 0 Å². The minimum absolute atomic E-state index is 0.0823. The number of benzene rings is 1. The van der Waals surface area contributed by atoms with E-state index in [1.54, 1.807) is 11.6 Å². The Bertz CT molecular complexity index is 541. The highest BCUT2D eigenvalue weighted by atomic mass is 16.1. The maximum atomic E-state index is 11.5. The lowest BCUT2D eigenvalue weighted by Gasteiger charge is -2.04. The van der Waals surface area contributed by atoms with Crippen molar-refractivity contribution in [1.82, 2.24) is 9.78 Å². The van der Waals surface area contributed by atoms with Gasteiger partial charge in [0.2, 0.25) is 0 Å². The molecular formula is C13H14N2O. The molecule has 0 unspecified atom stereocenters. The first-order valence-corrected chi connectivity index (χ1v) is 5.20. The van der Waals surface area contributed by atoms with Gasteiger partial charge < -0.3 is 0 Å². The fraction of sp³-hybridized carbons (Fsp3) is 0.231. The predicted molar refractivity (Wildman–Crippen MR) is 63.4 cm³/mol. The molecule has 0 bridgehead atoms. The molecule has 16 heavy (non-hydrogen) atoms. The van der Waals surface area contributed by atoms with Gasteiger partial charge in [-0.3, -0.25) is 9.48 Å². The number of carbonyl (C=O) groups is 1. The van der Waals surface area contributed by atoms with E-state index < -0.39 is 0 Å². The summed E-state index contributed by atoms with van der Waals surface area (Å²) < 4.78 is 1.77. The second-order valence-corrected chi connectivity index (χ2v) is 3.90. The van der Waals surface area contributed by atoms with Gasteiger partial charge in [-0.2, -0.15) is 5.10 Å². The molecule has 0 fully saturated rings. The fourth-order valence-electron chi connectivity index (χ4n) is 1.89. The molecule has 3 nitrogen and oxygen atoms in total. The molecule has 0 amide bonds. The number of aryl methyl sites for hydroxylation is 2. The van der Waals surface area contributed by atoms with Gasteiger partial charge in [0.25, 0.3) is 0 Å². The number of hydrogen-bond acceptors (Lipinski definition) is 2. The van der Waals surface area contributed by atoms with Crippen LogP contribution in [0, 0.1) is 6.92 Å². The molecule has 1 aromatic carbocycles. The number of rotatable bonds is 2. The summed E-state index contributed by atoms with van der Waals surface area (Å²) in [7, 11) is 1.88. The van der Waals surface area contributed by atoms with Gasteiger partial charge >= 0.3 is 0 Å². The van der Waals surface area contributed by atoms with Crippen LogP contribution in [-0.4, -0.2) is 15.6 Å². The lowest BCUT2D eigenvalue weighted by atomic mass is 9.98. The Labute approximate surface area is 94.7 Å². The van der Waals surface area contributed by atoms with Gasteiger partial charge in [0, 0.05) is 24.4 Å². The Morgan fingerprint density at radius 1 is 1.25 bits per heavy atom. The maximum Gasteiger partial charge on any atom is 0.160 e. The molecular weight excluding hydrogens is 200 g/mol. The molecule has 2 rings (SSSR count). The Morgan fingerprint density at radius 2 is 1.94 bits per heavy atom. The van der Waals surface area contributed by atoms with Crippen molar-refractivity contribution in [3.05, 3.63) is 41.7 Å². The second kappa shape index (κ2) is 3.93. The SMILES string of the molecule is CC(=O)c1ccccc1-c1cn(C)nc1C. The van der Waals surface area contributed by atoms with E-state index in [1.165, 1.54) is 0 Å². The number of hydrogen-bond donors (Lipinski definition) is 0. The van der Waals surface area contributed by atoms with E-state index in [4.69, 9.17) is 0 Å². The van der Waals surface area contributed by atoms with Crippen LogP contribution in [0.4, 0.5) is 0 Å². The van der Waals surface area contributed by atoms with Gasteiger partial charge in [0.1, 0.15) is 0 Å². The summed E-state index contributed by atoms with van der Waals surface area (Å²) in [4.78, 5) is 11.5. The number of aromatic nitrogens is 2. The normalized spacial score (nSPS) is 10.4. The summed E-state index contributed by atoms with van der Waals surface area (Å²) in [5, 5.41) is 4.29. The summed E-state index contributed by atoms with van der Waals surface area (Å²) in [6.45, 7) is 3.54. The molecule has 0 spiro atoms. The van der Waals surface area contributed by atoms with E-state index >= 15 is 0 Å². The topological polar surface area (TPSA) is 34.9 Å². The molecule has 0 atom stereocenters. The lowest BCUT2D eigenvalue weighted by molar-refractivity contribution is 0.101. The van der Waals surface area contributed by atoms with Gasteiger partial charge in [0.15, 0.2) is 5.78 Å². The van der Waals surface area contributed by atoms with Crippen LogP contribution in [0.5, 0.6) is 0 Å². The van der Waals surface area contributed by atoms with Crippen LogP contribution in [-0.2, 0) is 7.05 Å². The smallest absolute Gasteiger partial charge is 0.160 e. The standard InChI is InChI=1S/C13H14N2O/c1-9-13(8-15(3)14-9)12-7-5-4-6-11(12)10(2)16/h4-8H,1-3H3. The van der Waals surface area contributed by atoms with Gasteiger partial charge in [-0.1, -0.05) is 24.3 Å². The first kappa shape index (κ1) is 10.6. The molecule has 3 heteroatoms. The molecule has 1 heterocycles. The minimum Gasteiger partial charge on any atom is -0.294 e. The zero-order valence-corrected chi connectivity index (χ0v) is 9.69. The van der Waals surface area contributed by atoms with E-state index in [9.17, 15) is 4.79 Å². The quantitative estimate of drug-likeness (QED) is 0.720. The van der Waals surface area contributed by atoms with Crippen molar-refractivity contribution >= 4 is 5.78 Å². The van der Waals surface area contributed by atoms with Crippen LogP contribution in [0.25, 0.3) is 11.1 Å². The van der Waals surface area contributed by atoms with Crippen molar-refractivity contribution in [3.8, 4) is 11.1 Å². The molecule has 0 saturated carbocycles. The molecule has 0 aliphatic carbocycles. The van der Waals surface area contributed by atoms with Crippen LogP contribution in [0.1, 0.15) is 23.0 Å². The highest BCUT2D eigenvalue weighted by molar-refractivity contribution is 6.00. The Balaban J connectivity index is 2.64. The molecule has 0 N–H and O–H groups in total. The maximum absolute atomic E-state index is 11.5. The third-order valence-corrected chi connectivity index (χ3v) is 2.61. The summed E-state index contributed by atoms with van der Waals surface area (Å²) in [5.74, 6) is 0.0823. The average molecular weight is 214 g/mol. The number of nitrogens with zero attached hydrogens (tertiary/aromatic N) is 2. The number of Topliss-reactive ketones (excluding diaryl/α,β-unsaturated/α-hetero) is 1. The van der Waals surface area contributed by atoms with Crippen LogP contribution in [0.15, 0.2) is 30.5 Å². The fourth-order valence-corrected chi connectivity index (χ4v) is 1.89. The summed E-state index contributed by atoms with van der Waals surface area (Å²) >= 11 is 0. The summed E-state index contributed by atoms with van der Waals surface area (Å²) in [5.41, 5.74) is 3.67. The van der Waals surface area contributed by atoms with Crippen LogP contribution >= 0.6 is 0 Å². The molecule has 0 aliphatic rings. The Hall–Kier alpha value is -1.90. The zero-order chi connectivity index (χ0) is 11.7. The average Bonchev–Trinajstić information content (AvgIpc) is 2.57. The van der Waals surface area contributed by atoms with Crippen molar-refractivity contribution < 1.29 is 4.79 Å². The molecule has 0 radical (unpaired) electrons. The monoisotopic (exact) mass is 214 g/mol. The van der Waals surface area contributed by atoms with E-state index in [0.717, 1.165) is 22.4 Å². The first-order valence-electron chi connectivity index (χ1n) is 5.20. The third kappa shape index (κ3) is 1.76. The largest absolute Gasteiger partial charge is 0.294 e. The summed E-state index contributed by atoms with van der Waals surface area (Å²) in [6, 6.07) is 7.63. The summed E-state index contributed by atoms with van der Waals surface area (Å²) in [6.07, 6.45) is 1.94. The van der Waals surface area contributed by atoms with Gasteiger partial charge in [-0.25, -0.2) is 0 Å². The third-order valence-electron chi connectivity index (χ3n) is 2.61. The van der Waals surface area contributed by atoms with Crippen molar-refractivity contribution in [2.24, 2.45) is 7.05 Å². The molecule has 1 aromatic heterocycles. The van der Waals surface area contributed by atoms with E-state index in [1.807, 2.05) is 44.4 Å². The van der Waals surface area contributed by atoms with E-state index in [2.05, 4.69) is 5.10 Å². The Kier molecular flexibility index (Phi) is 2.60. The molecule has 82 valence electrons. The van der Waals surface area contributed by atoms with E-state index in [-0.39, 0.29) is 5.78 Å². The zero-order valence-electron chi connectivity index (χ0n) is 9.69. The van der Waals surface area contributed by atoms with Gasteiger partial charge in [-0.15, -0.1) is 0 Å². The number of ketones is 1. The highest BCUT2D eigenvalue weighted by Gasteiger charge is 2.12. The van der Waals surface area contributed by atoms with Crippen molar-refractivity contribution in [2.45, 2.75) is 13.8 Å². The first-order chi connectivity index (χ1) is 7.59. The van der Waals surface area contributed by atoms with Gasteiger partial charge in [0.05, 0.1) is 5.69 Å². The van der Waals surface area contributed by atoms with Crippen molar-refractivity contribution in [2.75, 3.05) is 0 Å². The van der Waals surface area contributed by atoms with E-state index in [0.29, 0.717) is 0 Å². The van der Waals surface area contributed by atoms with Crippen LogP contribution in [0.2, 0.25) is 0 Å². The Morgan fingerprint density at radius 3 is 2.50 bits per heavy atom.